The van der Waals surface area contributed by atoms with Gasteiger partial charge in [0, 0.05) is 10.5 Å². The molecule has 1 atom stereocenters. The summed E-state index contributed by atoms with van der Waals surface area (Å²) in [4.78, 5) is -0.00712. The summed E-state index contributed by atoms with van der Waals surface area (Å²) in [6, 6.07) is 10.5. The molecule has 2 rings (SSSR count). The Morgan fingerprint density at radius 3 is 2.35 bits per heavy atom. The molecule has 1 unspecified atom stereocenters. The van der Waals surface area contributed by atoms with Crippen LogP contribution in [-0.2, 0) is 16.7 Å². The highest BCUT2D eigenvalue weighted by Crippen LogP contribution is 2.30. The first-order valence-electron chi connectivity index (χ1n) is 5.77. The topological polar surface area (TPSA) is 43.1 Å². The zero-order valence-electron chi connectivity index (χ0n) is 10.4. The van der Waals surface area contributed by atoms with Gasteiger partial charge in [0.25, 0.3) is 5.92 Å². The summed E-state index contributed by atoms with van der Waals surface area (Å²) in [5.74, 6) is -4.91. The Balaban J connectivity index is 2.20. The summed E-state index contributed by atoms with van der Waals surface area (Å²) in [5, 5.41) is 0. The molecule has 0 radical (unpaired) electrons. The fourth-order valence-corrected chi connectivity index (χ4v) is 2.78. The summed E-state index contributed by atoms with van der Waals surface area (Å²) < 4.78 is 53.1. The van der Waals surface area contributed by atoms with Crippen molar-refractivity contribution in [1.82, 2.24) is 0 Å². The van der Waals surface area contributed by atoms with Gasteiger partial charge < -0.3 is 5.73 Å². The van der Waals surface area contributed by atoms with Crippen molar-refractivity contribution in [2.75, 3.05) is 11.5 Å². The van der Waals surface area contributed by atoms with Crippen LogP contribution in [0.25, 0.3) is 0 Å². The molecule has 106 valence electrons. The van der Waals surface area contributed by atoms with Crippen molar-refractivity contribution >= 4 is 16.5 Å². The highest BCUT2D eigenvalue weighted by atomic mass is 32.2. The van der Waals surface area contributed by atoms with E-state index < -0.39 is 28.3 Å². The monoisotopic (exact) mass is 299 g/mol. The van der Waals surface area contributed by atoms with Crippen molar-refractivity contribution in [2.45, 2.75) is 10.8 Å². The lowest BCUT2D eigenvalue weighted by Gasteiger charge is -2.16. The first-order valence-corrected chi connectivity index (χ1v) is 7.09. The van der Waals surface area contributed by atoms with Crippen LogP contribution in [0.2, 0.25) is 0 Å². The molecule has 2 N–H and O–H groups in total. The number of benzene rings is 2. The minimum atomic E-state index is -3.25. The molecule has 2 aromatic rings. The Hall–Kier alpha value is -1.82. The third kappa shape index (κ3) is 3.19. The van der Waals surface area contributed by atoms with Gasteiger partial charge in [0.05, 0.1) is 22.2 Å². The maximum absolute atomic E-state index is 14.0. The molecule has 2 nitrogen and oxygen atoms in total. The Morgan fingerprint density at radius 2 is 1.75 bits per heavy atom. The van der Waals surface area contributed by atoms with Crippen molar-refractivity contribution in [3.05, 3.63) is 59.9 Å². The van der Waals surface area contributed by atoms with Crippen LogP contribution in [0.1, 0.15) is 5.56 Å². The number of anilines is 1. The van der Waals surface area contributed by atoms with Crippen LogP contribution in [0.5, 0.6) is 0 Å². The van der Waals surface area contributed by atoms with E-state index in [1.807, 2.05) is 0 Å². The third-order valence-corrected chi connectivity index (χ3v) is 4.15. The highest BCUT2D eigenvalue weighted by molar-refractivity contribution is 7.85. The van der Waals surface area contributed by atoms with Gasteiger partial charge in [-0.15, -0.1) is 0 Å². The molecule has 0 aromatic heterocycles. The Morgan fingerprint density at radius 1 is 1.10 bits per heavy atom. The molecule has 0 fully saturated rings. The number of rotatable bonds is 4. The second-order valence-corrected chi connectivity index (χ2v) is 5.69. The third-order valence-electron chi connectivity index (χ3n) is 2.74. The van der Waals surface area contributed by atoms with Crippen LogP contribution >= 0.6 is 0 Å². The normalized spacial score (nSPS) is 13.2. The van der Waals surface area contributed by atoms with E-state index in [-0.39, 0.29) is 16.1 Å². The van der Waals surface area contributed by atoms with Gasteiger partial charge in [-0.1, -0.05) is 30.3 Å². The summed E-state index contributed by atoms with van der Waals surface area (Å²) in [5.41, 5.74) is 4.96. The van der Waals surface area contributed by atoms with Crippen LogP contribution in [0.3, 0.4) is 0 Å². The zero-order chi connectivity index (χ0) is 14.8. The van der Waals surface area contributed by atoms with Crippen molar-refractivity contribution in [2.24, 2.45) is 0 Å². The predicted octanol–water partition coefficient (Wildman–Crippen LogP) is 3.31. The molecule has 0 amide bonds. The maximum atomic E-state index is 14.0. The van der Waals surface area contributed by atoms with Crippen LogP contribution in [-0.4, -0.2) is 9.96 Å². The average molecular weight is 299 g/mol. The van der Waals surface area contributed by atoms with E-state index in [0.717, 1.165) is 6.07 Å². The van der Waals surface area contributed by atoms with Crippen molar-refractivity contribution in [3.8, 4) is 0 Å². The van der Waals surface area contributed by atoms with Crippen LogP contribution in [0.4, 0.5) is 18.9 Å². The lowest BCUT2D eigenvalue weighted by Crippen LogP contribution is -2.22. The smallest absolute Gasteiger partial charge is 0.284 e. The first kappa shape index (κ1) is 14.6. The first-order chi connectivity index (χ1) is 9.40. The molecule has 0 bridgehead atoms. The minimum absolute atomic E-state index is 0.00712. The lowest BCUT2D eigenvalue weighted by atomic mass is 10.1. The van der Waals surface area contributed by atoms with E-state index >= 15 is 0 Å². The second kappa shape index (κ2) is 5.66. The molecule has 0 saturated heterocycles. The molecule has 0 aliphatic rings. The second-order valence-electron chi connectivity index (χ2n) is 4.24. The number of alkyl halides is 2. The number of halogens is 3. The van der Waals surface area contributed by atoms with Gasteiger partial charge in [0.1, 0.15) is 5.82 Å². The Bertz CT molecular complexity index is 632. The van der Waals surface area contributed by atoms with Gasteiger partial charge in [-0.2, -0.15) is 0 Å². The zero-order valence-corrected chi connectivity index (χ0v) is 11.2. The number of nitrogen functional groups attached to an aromatic ring is 1. The standard InChI is InChI=1S/C14H12F3NOS/c15-12-8-11(6-7-13(12)18)20(19)9-14(16,17)10-4-2-1-3-5-10/h1-8H,9,18H2. The van der Waals surface area contributed by atoms with E-state index in [4.69, 9.17) is 5.73 Å². The van der Waals surface area contributed by atoms with Crippen molar-refractivity contribution in [1.29, 1.82) is 0 Å². The summed E-state index contributed by atoms with van der Waals surface area (Å²) >= 11 is 0. The molecule has 6 heteroatoms. The summed E-state index contributed by atoms with van der Waals surface area (Å²) in [7, 11) is -2.02. The van der Waals surface area contributed by atoms with Gasteiger partial charge in [-0.05, 0) is 18.2 Å². The summed E-state index contributed by atoms with van der Waals surface area (Å²) in [6.07, 6.45) is 0. The quantitative estimate of drug-likeness (QED) is 0.880. The van der Waals surface area contributed by atoms with Gasteiger partial charge >= 0.3 is 0 Å². The molecule has 0 heterocycles. The lowest BCUT2D eigenvalue weighted by molar-refractivity contribution is 0.0222. The fraction of sp³-hybridized carbons (Fsp3) is 0.143. The molecule has 2 aromatic carbocycles. The largest absolute Gasteiger partial charge is 0.396 e. The molecule has 0 aliphatic heterocycles. The van der Waals surface area contributed by atoms with Gasteiger partial charge in [-0.25, -0.2) is 13.2 Å². The van der Waals surface area contributed by atoms with E-state index in [0.29, 0.717) is 0 Å². The predicted molar refractivity (Wildman–Crippen MR) is 72.4 cm³/mol. The number of nitrogens with two attached hydrogens (primary N) is 1. The highest BCUT2D eigenvalue weighted by Gasteiger charge is 2.34. The van der Waals surface area contributed by atoms with E-state index in [1.165, 1.54) is 36.4 Å². The molecular formula is C14H12F3NOS. The minimum Gasteiger partial charge on any atom is -0.396 e. The van der Waals surface area contributed by atoms with Gasteiger partial charge in [0.2, 0.25) is 0 Å². The van der Waals surface area contributed by atoms with Crippen molar-refractivity contribution in [3.63, 3.8) is 0 Å². The number of hydrogen-bond acceptors (Lipinski definition) is 2. The Labute approximate surface area is 116 Å². The van der Waals surface area contributed by atoms with E-state index in [9.17, 15) is 17.4 Å². The van der Waals surface area contributed by atoms with Crippen LogP contribution in [0, 0.1) is 5.82 Å². The SMILES string of the molecule is Nc1ccc(S(=O)CC(F)(F)c2ccccc2)cc1F. The van der Waals surface area contributed by atoms with Crippen molar-refractivity contribution < 1.29 is 17.4 Å². The van der Waals surface area contributed by atoms with Crippen LogP contribution < -0.4 is 5.73 Å². The van der Waals surface area contributed by atoms with Gasteiger partial charge in [-0.3, -0.25) is 4.21 Å². The Kier molecular flexibility index (Phi) is 4.13. The molecule has 0 saturated carbocycles. The number of hydrogen-bond donors (Lipinski definition) is 1. The molecule has 20 heavy (non-hydrogen) atoms. The molecular weight excluding hydrogens is 287 g/mol. The van der Waals surface area contributed by atoms with Crippen LogP contribution in [0.15, 0.2) is 53.4 Å². The average Bonchev–Trinajstić information content (AvgIpc) is 2.42. The fourth-order valence-electron chi connectivity index (χ4n) is 1.66. The van der Waals surface area contributed by atoms with Gasteiger partial charge in [0.15, 0.2) is 0 Å². The maximum Gasteiger partial charge on any atom is 0.284 e. The summed E-state index contributed by atoms with van der Waals surface area (Å²) in [6.45, 7) is 0. The molecule has 0 aliphatic carbocycles. The molecule has 0 spiro atoms. The van der Waals surface area contributed by atoms with E-state index in [2.05, 4.69) is 0 Å². The van der Waals surface area contributed by atoms with E-state index in [1.54, 1.807) is 6.07 Å².